The zero-order valence-corrected chi connectivity index (χ0v) is 35.8. The highest BCUT2D eigenvalue weighted by Crippen LogP contribution is 2.19. The molecule has 8 amide bonds. The Bertz CT molecular complexity index is 2010. The molecule has 0 fully saturated rings. The number of benzene rings is 2. The number of likely N-dealkylation sites (N-methyl/N-ethyl adjacent to an activating group) is 1. The number of primary amides is 1. The van der Waals surface area contributed by atoms with Gasteiger partial charge >= 0.3 is 0 Å². The smallest absolute Gasteiger partial charge is 0.243 e. The molecule has 0 spiro atoms. The number of carbonyl (C=O) groups excluding carboxylic acids is 9. The number of aldehydes is 1. The number of unbranched alkanes of at least 4 members (excludes halogenated alkanes) is 1. The average Bonchev–Trinajstić information content (AvgIpc) is 3.68. The molecule has 0 saturated heterocycles. The quantitative estimate of drug-likeness (QED) is 0.0274. The average molecular weight is 876 g/mol. The predicted octanol–water partition coefficient (Wildman–Crippen LogP) is -1.78. The molecule has 3 unspecified atom stereocenters. The molecule has 1 aromatic heterocycles. The third kappa shape index (κ3) is 18.1. The molecule has 13 N–H and O–H groups in total. The van der Waals surface area contributed by atoms with Crippen molar-refractivity contribution in [2.45, 2.75) is 94.9 Å². The van der Waals surface area contributed by atoms with Gasteiger partial charge in [0.15, 0.2) is 0 Å². The highest BCUT2D eigenvalue weighted by atomic mass is 16.2. The number of aromatic nitrogens is 1. The van der Waals surface area contributed by atoms with E-state index in [1.54, 1.807) is 37.4 Å². The van der Waals surface area contributed by atoms with Crippen molar-refractivity contribution in [3.05, 3.63) is 71.9 Å². The minimum Gasteiger partial charge on any atom is -0.368 e. The lowest BCUT2D eigenvalue weighted by molar-refractivity contribution is -0.134. The van der Waals surface area contributed by atoms with Crippen LogP contribution in [0.15, 0.2) is 60.8 Å². The third-order valence-corrected chi connectivity index (χ3v) is 10.1. The lowest BCUT2D eigenvalue weighted by Crippen LogP contribution is -2.57. The normalized spacial score (nSPS) is 13.3. The maximum Gasteiger partial charge on any atom is 0.243 e. The maximum absolute atomic E-state index is 13.8. The van der Waals surface area contributed by atoms with E-state index in [0.717, 1.165) is 22.0 Å². The molecule has 20 heteroatoms. The molecule has 0 aliphatic carbocycles. The highest BCUT2D eigenvalue weighted by molar-refractivity contribution is 5.95. The first kappa shape index (κ1) is 50.7. The minimum atomic E-state index is -1.34. The standard InChI is InChI=1S/C43H61N11O9/c1-27(56)49-26-38(58)51-34(42(62)53-33(15-8-9-19-44)41(61)54-36(40(60)48-21-22-55)23-28-11-4-3-5-12-28)17-18-37(57)47-20-10-16-32(39(45)59)52-43(63)35(46-2)24-29-25-50-31-14-7-6-13-30(29)31/h3-7,11-14,22,25,32-36,46,50H,8-10,15-21,23-24,26,44H2,1-2H3,(H2,45,59)(H,47,57)(H,48,60)(H,49,56)(H,51,58)(H,52,63)(H,53,62)(H,54,61)/t32?,33-,34?,35-,36?/m0/s1. The number of para-hydroxylation sites is 1. The van der Waals surface area contributed by atoms with Crippen molar-refractivity contribution in [2.24, 2.45) is 11.5 Å². The molecule has 20 nitrogen and oxygen atoms in total. The van der Waals surface area contributed by atoms with Crippen LogP contribution in [0.3, 0.4) is 0 Å². The summed E-state index contributed by atoms with van der Waals surface area (Å²) in [6.07, 6.45) is 3.71. The number of nitrogens with two attached hydrogens (primary N) is 2. The van der Waals surface area contributed by atoms with E-state index in [9.17, 15) is 43.2 Å². The van der Waals surface area contributed by atoms with Gasteiger partial charge in [-0.05, 0) is 75.7 Å². The summed E-state index contributed by atoms with van der Waals surface area (Å²) < 4.78 is 0. The number of amides is 8. The Morgan fingerprint density at radius 3 is 1.97 bits per heavy atom. The summed E-state index contributed by atoms with van der Waals surface area (Å²) in [6, 6.07) is 11.2. The molecule has 2 aromatic carbocycles. The van der Waals surface area contributed by atoms with Gasteiger partial charge in [-0.2, -0.15) is 0 Å². The van der Waals surface area contributed by atoms with E-state index < -0.39 is 84.0 Å². The molecule has 0 saturated carbocycles. The minimum absolute atomic E-state index is 0.0821. The molecular weight excluding hydrogens is 815 g/mol. The molecular formula is C43H61N11O9. The zero-order chi connectivity index (χ0) is 46.1. The van der Waals surface area contributed by atoms with Gasteiger partial charge in [0.25, 0.3) is 0 Å². The van der Waals surface area contributed by atoms with Gasteiger partial charge in [-0.1, -0.05) is 48.5 Å². The second-order valence-corrected chi connectivity index (χ2v) is 14.9. The second kappa shape index (κ2) is 27.3. The molecule has 5 atom stereocenters. The summed E-state index contributed by atoms with van der Waals surface area (Å²) in [7, 11) is 1.64. The number of nitrogens with one attached hydrogen (secondary N) is 9. The van der Waals surface area contributed by atoms with E-state index in [-0.39, 0.29) is 51.6 Å². The molecule has 3 rings (SSSR count). The van der Waals surface area contributed by atoms with Crippen molar-refractivity contribution in [2.75, 3.05) is 33.2 Å². The van der Waals surface area contributed by atoms with E-state index in [4.69, 9.17) is 11.5 Å². The molecule has 0 aliphatic heterocycles. The molecule has 1 heterocycles. The van der Waals surface area contributed by atoms with Crippen LogP contribution in [0.25, 0.3) is 10.9 Å². The summed E-state index contributed by atoms with van der Waals surface area (Å²) in [6.45, 7) is 0.871. The van der Waals surface area contributed by atoms with E-state index >= 15 is 0 Å². The Morgan fingerprint density at radius 2 is 1.30 bits per heavy atom. The van der Waals surface area contributed by atoms with Crippen LogP contribution in [0.5, 0.6) is 0 Å². The first-order valence-corrected chi connectivity index (χ1v) is 20.9. The van der Waals surface area contributed by atoms with Gasteiger partial charge in [0.2, 0.25) is 47.3 Å². The second-order valence-electron chi connectivity index (χ2n) is 14.9. The van der Waals surface area contributed by atoms with Crippen LogP contribution in [0.4, 0.5) is 0 Å². The van der Waals surface area contributed by atoms with Gasteiger partial charge in [0.1, 0.15) is 30.5 Å². The Labute approximate surface area is 365 Å². The molecule has 0 radical (unpaired) electrons. The number of H-pyrrole nitrogens is 1. The SMILES string of the molecule is CN[C@@H](Cc1c[nH]c2ccccc12)C(=O)NC(CCCNC(=O)CCC(NC(=O)CNC(C)=O)C(=O)N[C@@H](CCCCN)C(=O)NC(Cc1ccccc1)C(=O)NCC=O)C(N)=O. The lowest BCUT2D eigenvalue weighted by Gasteiger charge is -2.25. The largest absolute Gasteiger partial charge is 0.368 e. The molecule has 342 valence electrons. The Kier molecular flexibility index (Phi) is 22.0. The van der Waals surface area contributed by atoms with Crippen LogP contribution in [-0.4, -0.2) is 122 Å². The molecule has 0 bridgehead atoms. The number of hydrogen-bond acceptors (Lipinski definition) is 11. The van der Waals surface area contributed by atoms with Crippen molar-refractivity contribution in [3.63, 3.8) is 0 Å². The van der Waals surface area contributed by atoms with Gasteiger partial charge < -0.3 is 63.8 Å². The maximum atomic E-state index is 13.8. The van der Waals surface area contributed by atoms with Gasteiger partial charge in [0.05, 0.1) is 19.1 Å². The monoisotopic (exact) mass is 875 g/mol. The summed E-state index contributed by atoms with van der Waals surface area (Å²) >= 11 is 0. The van der Waals surface area contributed by atoms with E-state index in [1.165, 1.54) is 6.92 Å². The van der Waals surface area contributed by atoms with Gasteiger partial charge in [-0.3, -0.25) is 38.4 Å². The van der Waals surface area contributed by atoms with Gasteiger partial charge in [0, 0.05) is 43.4 Å². The van der Waals surface area contributed by atoms with Crippen molar-refractivity contribution < 1.29 is 43.2 Å². The van der Waals surface area contributed by atoms with Crippen LogP contribution < -0.4 is 54.0 Å². The number of hydrogen-bond donors (Lipinski definition) is 11. The van der Waals surface area contributed by atoms with Gasteiger partial charge in [-0.25, -0.2) is 0 Å². The van der Waals surface area contributed by atoms with Crippen LogP contribution >= 0.6 is 0 Å². The number of carbonyl (C=O) groups is 9. The topological polar surface area (TPSA) is 318 Å². The first-order chi connectivity index (χ1) is 30.3. The Morgan fingerprint density at radius 1 is 0.667 bits per heavy atom. The summed E-state index contributed by atoms with van der Waals surface area (Å²) in [5.41, 5.74) is 13.9. The van der Waals surface area contributed by atoms with Crippen molar-refractivity contribution >= 4 is 64.4 Å². The number of rotatable bonds is 29. The lowest BCUT2D eigenvalue weighted by atomic mass is 10.0. The van der Waals surface area contributed by atoms with E-state index in [0.29, 0.717) is 32.1 Å². The van der Waals surface area contributed by atoms with Crippen molar-refractivity contribution in [1.82, 2.24) is 47.5 Å². The van der Waals surface area contributed by atoms with Crippen LogP contribution in [0.1, 0.15) is 63.0 Å². The first-order valence-electron chi connectivity index (χ1n) is 20.9. The van der Waals surface area contributed by atoms with Crippen LogP contribution in [-0.2, 0) is 56.0 Å². The fourth-order valence-corrected chi connectivity index (χ4v) is 6.65. The molecule has 3 aromatic rings. The molecule has 63 heavy (non-hydrogen) atoms. The Hall–Kier alpha value is -6.67. The van der Waals surface area contributed by atoms with E-state index in [2.05, 4.69) is 47.5 Å². The molecule has 0 aliphatic rings. The fourth-order valence-electron chi connectivity index (χ4n) is 6.65. The number of fused-ring (bicyclic) bond motifs is 1. The summed E-state index contributed by atoms with van der Waals surface area (Å²) in [5, 5.41) is 22.0. The fraction of sp³-hybridized carbons (Fsp3) is 0.465. The van der Waals surface area contributed by atoms with Crippen LogP contribution in [0, 0.1) is 0 Å². The summed E-state index contributed by atoms with van der Waals surface area (Å²) in [5.74, 6) is -5.02. The number of aromatic amines is 1. The van der Waals surface area contributed by atoms with Gasteiger partial charge in [-0.15, -0.1) is 0 Å². The zero-order valence-electron chi connectivity index (χ0n) is 35.8. The van der Waals surface area contributed by atoms with Crippen LogP contribution in [0.2, 0.25) is 0 Å². The van der Waals surface area contributed by atoms with Crippen molar-refractivity contribution in [3.8, 4) is 0 Å². The van der Waals surface area contributed by atoms with E-state index in [1.807, 2.05) is 30.5 Å². The Balaban J connectivity index is 1.63. The third-order valence-electron chi connectivity index (χ3n) is 10.1. The van der Waals surface area contributed by atoms with Crippen molar-refractivity contribution in [1.29, 1.82) is 0 Å². The predicted molar refractivity (Wildman–Crippen MR) is 234 cm³/mol. The summed E-state index contributed by atoms with van der Waals surface area (Å²) in [4.78, 5) is 117. The highest BCUT2D eigenvalue weighted by Gasteiger charge is 2.30.